The first-order valence-electron chi connectivity index (χ1n) is 8.94. The van der Waals surface area contributed by atoms with E-state index in [1.54, 1.807) is 0 Å². The Kier molecular flexibility index (Phi) is 6.68. The number of nitrogens with one attached hydrogen (secondary N) is 1. The molecule has 0 aromatic rings. The van der Waals surface area contributed by atoms with E-state index in [0.717, 1.165) is 71.0 Å². The highest BCUT2D eigenvalue weighted by molar-refractivity contribution is 5.81. The maximum Gasteiger partial charge on any atom is 0.225 e. The van der Waals surface area contributed by atoms with Crippen LogP contribution in [-0.4, -0.2) is 42.4 Å². The molecule has 1 saturated heterocycles. The number of nitrogens with two attached hydrogens (primary N) is 1. The Balaban J connectivity index is 1.74. The maximum atomic E-state index is 12.6. The van der Waals surface area contributed by atoms with E-state index in [-0.39, 0.29) is 29.7 Å². The second-order valence-corrected chi connectivity index (χ2v) is 6.87. The molecule has 3 N–H and O–H groups in total. The first-order chi connectivity index (χ1) is 10.6. The molecule has 1 saturated carbocycles. The van der Waals surface area contributed by atoms with Gasteiger partial charge in [-0.25, -0.2) is 0 Å². The van der Waals surface area contributed by atoms with Crippen LogP contribution in [0.1, 0.15) is 58.3 Å². The van der Waals surface area contributed by atoms with E-state index < -0.39 is 0 Å². The van der Waals surface area contributed by atoms with E-state index in [4.69, 9.17) is 5.73 Å². The normalized spacial score (nSPS) is 26.7. The Morgan fingerprint density at radius 2 is 1.86 bits per heavy atom. The minimum Gasteiger partial charge on any atom is -0.356 e. The first-order valence-corrected chi connectivity index (χ1v) is 8.94. The van der Waals surface area contributed by atoms with Gasteiger partial charge in [-0.15, -0.1) is 0 Å². The molecule has 2 aliphatic rings. The van der Waals surface area contributed by atoms with E-state index in [9.17, 15) is 9.59 Å². The second kappa shape index (κ2) is 8.51. The molecule has 2 fully saturated rings. The van der Waals surface area contributed by atoms with Crippen molar-refractivity contribution in [2.45, 2.75) is 64.3 Å². The zero-order valence-corrected chi connectivity index (χ0v) is 13.9. The smallest absolute Gasteiger partial charge is 0.225 e. The van der Waals surface area contributed by atoms with Gasteiger partial charge in [0.25, 0.3) is 0 Å². The summed E-state index contributed by atoms with van der Waals surface area (Å²) in [6.45, 7) is 4.33. The fourth-order valence-corrected chi connectivity index (χ4v) is 3.60. The Labute approximate surface area is 134 Å². The molecule has 126 valence electrons. The van der Waals surface area contributed by atoms with Gasteiger partial charge in [0, 0.05) is 37.5 Å². The second-order valence-electron chi connectivity index (χ2n) is 6.87. The summed E-state index contributed by atoms with van der Waals surface area (Å²) in [6.07, 6.45) is 7.63. The molecule has 2 unspecified atom stereocenters. The van der Waals surface area contributed by atoms with Gasteiger partial charge in [0.2, 0.25) is 11.8 Å². The number of hydrogen-bond donors (Lipinski definition) is 2. The highest BCUT2D eigenvalue weighted by Gasteiger charge is 2.32. The molecule has 5 nitrogen and oxygen atoms in total. The Bertz CT molecular complexity index is 378. The lowest BCUT2D eigenvalue weighted by molar-refractivity contribution is -0.140. The third-order valence-corrected chi connectivity index (χ3v) is 5.07. The summed E-state index contributed by atoms with van der Waals surface area (Å²) in [4.78, 5) is 26.6. The van der Waals surface area contributed by atoms with Gasteiger partial charge in [-0.1, -0.05) is 19.8 Å². The molecular weight excluding hydrogens is 278 g/mol. The fraction of sp³-hybridized carbons (Fsp3) is 0.882. The number of hydrogen-bond acceptors (Lipinski definition) is 3. The summed E-state index contributed by atoms with van der Waals surface area (Å²) in [5.41, 5.74) is 5.99. The average Bonchev–Trinajstić information content (AvgIpc) is 2.54. The number of piperidine rings is 1. The van der Waals surface area contributed by atoms with E-state index in [2.05, 4.69) is 12.2 Å². The molecule has 1 aliphatic heterocycles. The minimum atomic E-state index is 0.0783. The van der Waals surface area contributed by atoms with Gasteiger partial charge < -0.3 is 16.0 Å². The molecular formula is C17H31N3O2. The molecule has 1 heterocycles. The summed E-state index contributed by atoms with van der Waals surface area (Å²) >= 11 is 0. The van der Waals surface area contributed by atoms with Crippen molar-refractivity contribution in [3.8, 4) is 0 Å². The highest BCUT2D eigenvalue weighted by Crippen LogP contribution is 2.27. The lowest BCUT2D eigenvalue weighted by Crippen LogP contribution is -2.46. The average molecular weight is 309 g/mol. The van der Waals surface area contributed by atoms with Crippen LogP contribution in [0.3, 0.4) is 0 Å². The van der Waals surface area contributed by atoms with E-state index >= 15 is 0 Å². The van der Waals surface area contributed by atoms with Gasteiger partial charge >= 0.3 is 0 Å². The van der Waals surface area contributed by atoms with Crippen LogP contribution in [0.4, 0.5) is 0 Å². The third kappa shape index (κ3) is 4.70. The summed E-state index contributed by atoms with van der Waals surface area (Å²) in [7, 11) is 0. The Morgan fingerprint density at radius 3 is 2.50 bits per heavy atom. The summed E-state index contributed by atoms with van der Waals surface area (Å²) in [5, 5.41) is 3.01. The molecule has 5 heteroatoms. The zero-order chi connectivity index (χ0) is 15.9. The van der Waals surface area contributed by atoms with Crippen molar-refractivity contribution in [3.05, 3.63) is 0 Å². The summed E-state index contributed by atoms with van der Waals surface area (Å²) in [6, 6.07) is 0.185. The first kappa shape index (κ1) is 17.3. The summed E-state index contributed by atoms with van der Waals surface area (Å²) in [5.74, 6) is 0.619. The van der Waals surface area contributed by atoms with Crippen LogP contribution in [0.25, 0.3) is 0 Å². The predicted molar refractivity (Wildman–Crippen MR) is 87.2 cm³/mol. The molecule has 22 heavy (non-hydrogen) atoms. The lowest BCUT2D eigenvalue weighted by Gasteiger charge is -2.35. The van der Waals surface area contributed by atoms with Crippen molar-refractivity contribution in [1.29, 1.82) is 0 Å². The van der Waals surface area contributed by atoms with Gasteiger partial charge in [0.05, 0.1) is 0 Å². The van der Waals surface area contributed by atoms with Crippen LogP contribution in [0.5, 0.6) is 0 Å². The van der Waals surface area contributed by atoms with E-state index in [0.29, 0.717) is 0 Å². The van der Waals surface area contributed by atoms with Gasteiger partial charge in [-0.3, -0.25) is 9.59 Å². The Hall–Kier alpha value is -1.10. The molecule has 1 aliphatic carbocycles. The van der Waals surface area contributed by atoms with Crippen molar-refractivity contribution in [3.63, 3.8) is 0 Å². The zero-order valence-electron chi connectivity index (χ0n) is 13.9. The van der Waals surface area contributed by atoms with Crippen LogP contribution >= 0.6 is 0 Å². The Morgan fingerprint density at radius 1 is 1.14 bits per heavy atom. The molecule has 0 aromatic carbocycles. The standard InChI is InChI=1S/C17H31N3O2/c1-2-3-9-19-16(21)13-7-10-20(11-8-13)17(22)14-5-4-6-15(18)12-14/h13-15H,2-12,18H2,1H3,(H,19,21). The quantitative estimate of drug-likeness (QED) is 0.758. The maximum absolute atomic E-state index is 12.6. The molecule has 0 aromatic heterocycles. The number of amides is 2. The minimum absolute atomic E-state index is 0.0783. The molecule has 0 bridgehead atoms. The monoisotopic (exact) mass is 309 g/mol. The number of unbranched alkanes of at least 4 members (excludes halogenated alkanes) is 1. The molecule has 0 spiro atoms. The number of nitrogens with zero attached hydrogens (tertiary/aromatic N) is 1. The summed E-state index contributed by atoms with van der Waals surface area (Å²) < 4.78 is 0. The molecule has 2 amide bonds. The van der Waals surface area contributed by atoms with Gasteiger partial charge in [0.1, 0.15) is 0 Å². The largest absolute Gasteiger partial charge is 0.356 e. The molecule has 0 radical (unpaired) electrons. The SMILES string of the molecule is CCCCNC(=O)C1CCN(C(=O)C2CCCC(N)C2)CC1. The van der Waals surface area contributed by atoms with Crippen LogP contribution in [0, 0.1) is 11.8 Å². The topological polar surface area (TPSA) is 75.4 Å². The van der Waals surface area contributed by atoms with Gasteiger partial charge in [-0.2, -0.15) is 0 Å². The number of carbonyl (C=O) groups is 2. The van der Waals surface area contributed by atoms with Crippen LogP contribution < -0.4 is 11.1 Å². The highest BCUT2D eigenvalue weighted by atomic mass is 16.2. The van der Waals surface area contributed by atoms with Crippen molar-refractivity contribution in [1.82, 2.24) is 10.2 Å². The predicted octanol–water partition coefficient (Wildman–Crippen LogP) is 1.66. The van der Waals surface area contributed by atoms with Crippen molar-refractivity contribution in [2.75, 3.05) is 19.6 Å². The van der Waals surface area contributed by atoms with Crippen LogP contribution in [0.15, 0.2) is 0 Å². The van der Waals surface area contributed by atoms with Gasteiger partial charge in [-0.05, 0) is 38.5 Å². The molecule has 2 rings (SSSR count). The lowest BCUT2D eigenvalue weighted by atomic mass is 9.84. The third-order valence-electron chi connectivity index (χ3n) is 5.07. The van der Waals surface area contributed by atoms with Crippen LogP contribution in [0.2, 0.25) is 0 Å². The fourth-order valence-electron chi connectivity index (χ4n) is 3.60. The number of carbonyl (C=O) groups excluding carboxylic acids is 2. The van der Waals surface area contributed by atoms with Crippen LogP contribution in [-0.2, 0) is 9.59 Å². The molecule has 2 atom stereocenters. The van der Waals surface area contributed by atoms with E-state index in [1.807, 2.05) is 4.90 Å². The number of rotatable bonds is 5. The van der Waals surface area contributed by atoms with Crippen molar-refractivity contribution < 1.29 is 9.59 Å². The van der Waals surface area contributed by atoms with Crippen molar-refractivity contribution >= 4 is 11.8 Å². The van der Waals surface area contributed by atoms with Gasteiger partial charge in [0.15, 0.2) is 0 Å². The number of likely N-dealkylation sites (tertiary alicyclic amines) is 1. The van der Waals surface area contributed by atoms with Crippen molar-refractivity contribution in [2.24, 2.45) is 17.6 Å². The van der Waals surface area contributed by atoms with E-state index in [1.165, 1.54) is 0 Å².